The second-order valence-electron chi connectivity index (χ2n) is 7.16. The second-order valence-corrected chi connectivity index (χ2v) is 8.83. The van der Waals surface area contributed by atoms with Gasteiger partial charge in [-0.3, -0.25) is 9.69 Å². The van der Waals surface area contributed by atoms with Crippen molar-refractivity contribution in [3.05, 3.63) is 34.2 Å². The van der Waals surface area contributed by atoms with Crippen molar-refractivity contribution in [2.75, 3.05) is 33.8 Å². The molecule has 2 amide bonds. The number of nitrogens with one attached hydrogen (secondary N) is 1. The molecule has 0 aliphatic carbocycles. The van der Waals surface area contributed by atoms with Crippen molar-refractivity contribution in [2.24, 2.45) is 0 Å². The Morgan fingerprint density at radius 2 is 2.14 bits per heavy atom. The van der Waals surface area contributed by atoms with Crippen LogP contribution in [0.5, 0.6) is 5.06 Å². The number of thiophene rings is 1. The molecular weight excluding hydrogens is 418 g/mol. The third kappa shape index (κ3) is 4.40. The molecule has 2 aromatic rings. The quantitative estimate of drug-likeness (QED) is 0.779. The molecule has 0 radical (unpaired) electrons. The average Bonchev–Trinajstić information content (AvgIpc) is 3.39. The number of aromatic nitrogens is 2. The first kappa shape index (κ1) is 20.1. The second kappa shape index (κ2) is 8.31. The highest BCUT2D eigenvalue weighted by atomic mass is 35.5. The Bertz CT molecular complexity index is 916. The van der Waals surface area contributed by atoms with Crippen LogP contribution in [0.25, 0.3) is 0 Å². The summed E-state index contributed by atoms with van der Waals surface area (Å²) in [6.45, 7) is 3.15. The van der Waals surface area contributed by atoms with E-state index in [2.05, 4.69) is 15.2 Å². The Morgan fingerprint density at radius 1 is 1.31 bits per heavy atom. The molecule has 1 saturated heterocycles. The highest BCUT2D eigenvalue weighted by molar-refractivity contribution is 7.17. The van der Waals surface area contributed by atoms with Crippen molar-refractivity contribution < 1.29 is 19.1 Å². The van der Waals surface area contributed by atoms with Gasteiger partial charge < -0.3 is 24.3 Å². The predicted octanol–water partition coefficient (Wildman–Crippen LogP) is 1.67. The minimum Gasteiger partial charge on any atom is -0.399 e. The minimum absolute atomic E-state index is 0.167. The number of imidazole rings is 1. The van der Waals surface area contributed by atoms with Gasteiger partial charge in [-0.05, 0) is 19.2 Å². The smallest absolute Gasteiger partial charge is 0.399 e. The molecule has 156 valence electrons. The van der Waals surface area contributed by atoms with Crippen molar-refractivity contribution in [3.63, 3.8) is 0 Å². The van der Waals surface area contributed by atoms with Gasteiger partial charge in [0.2, 0.25) is 0 Å². The van der Waals surface area contributed by atoms with Gasteiger partial charge in [0.05, 0.1) is 23.0 Å². The molecule has 29 heavy (non-hydrogen) atoms. The molecule has 1 fully saturated rings. The molecule has 2 aliphatic heterocycles. The van der Waals surface area contributed by atoms with E-state index in [0.717, 1.165) is 25.5 Å². The maximum Gasteiger partial charge on any atom is 0.413 e. The number of halogens is 1. The van der Waals surface area contributed by atoms with E-state index < -0.39 is 6.09 Å². The summed E-state index contributed by atoms with van der Waals surface area (Å²) in [5.41, 5.74) is 0.418. The van der Waals surface area contributed by atoms with E-state index in [1.807, 2.05) is 17.8 Å². The lowest BCUT2D eigenvalue weighted by atomic mass is 10.2. The van der Waals surface area contributed by atoms with Crippen molar-refractivity contribution in [1.29, 1.82) is 0 Å². The van der Waals surface area contributed by atoms with E-state index in [0.29, 0.717) is 28.2 Å². The average molecular weight is 440 g/mol. The topological polar surface area (TPSA) is 88.9 Å². The molecule has 0 aromatic carbocycles. The summed E-state index contributed by atoms with van der Waals surface area (Å²) in [5.74, 6) is 0.719. The van der Waals surface area contributed by atoms with E-state index in [1.54, 1.807) is 24.1 Å². The van der Waals surface area contributed by atoms with Gasteiger partial charge in [0.15, 0.2) is 5.06 Å². The first-order chi connectivity index (χ1) is 13.9. The fourth-order valence-electron chi connectivity index (χ4n) is 3.58. The Labute approximate surface area is 177 Å². The predicted molar refractivity (Wildman–Crippen MR) is 108 cm³/mol. The van der Waals surface area contributed by atoms with Crippen LogP contribution in [0.4, 0.5) is 4.79 Å². The summed E-state index contributed by atoms with van der Waals surface area (Å²) in [5, 5.41) is 3.18. The molecule has 0 bridgehead atoms. The Morgan fingerprint density at radius 3 is 2.86 bits per heavy atom. The highest BCUT2D eigenvalue weighted by Gasteiger charge is 2.38. The Hall–Kier alpha value is -2.14. The fourth-order valence-corrected chi connectivity index (χ4v) is 4.45. The van der Waals surface area contributed by atoms with Gasteiger partial charge in [0.25, 0.3) is 5.91 Å². The van der Waals surface area contributed by atoms with Gasteiger partial charge in [-0.25, -0.2) is 9.78 Å². The highest BCUT2D eigenvalue weighted by Crippen LogP contribution is 2.28. The molecule has 2 aromatic heterocycles. The van der Waals surface area contributed by atoms with Crippen molar-refractivity contribution >= 4 is 34.9 Å². The SMILES string of the molecule is CO[C@H]1CN(C(=O)c2cn3c(n2)CN(C)CC3)CC1NC(=O)Oc1ccc(Cl)s1. The van der Waals surface area contributed by atoms with Crippen LogP contribution in [0.1, 0.15) is 16.3 Å². The first-order valence-corrected chi connectivity index (χ1v) is 10.4. The number of fused-ring (bicyclic) bond motifs is 1. The van der Waals surface area contributed by atoms with Crippen LogP contribution in [0.15, 0.2) is 18.3 Å². The number of carbonyl (C=O) groups excluding carboxylic acids is 2. The molecule has 0 spiro atoms. The number of methoxy groups -OCH3 is 1. The largest absolute Gasteiger partial charge is 0.413 e. The fraction of sp³-hybridized carbons (Fsp3) is 0.500. The summed E-state index contributed by atoms with van der Waals surface area (Å²) in [6.07, 6.45) is 0.870. The molecule has 2 atom stereocenters. The first-order valence-electron chi connectivity index (χ1n) is 9.23. The number of nitrogens with zero attached hydrogens (tertiary/aromatic N) is 4. The lowest BCUT2D eigenvalue weighted by Crippen LogP contribution is -2.44. The zero-order chi connectivity index (χ0) is 20.5. The van der Waals surface area contributed by atoms with Crippen molar-refractivity contribution in [2.45, 2.75) is 25.2 Å². The van der Waals surface area contributed by atoms with Gasteiger partial charge in [-0.2, -0.15) is 0 Å². The van der Waals surface area contributed by atoms with Gasteiger partial charge in [-0.15, -0.1) is 0 Å². The maximum atomic E-state index is 13.0. The Balaban J connectivity index is 1.39. The number of likely N-dealkylation sites (N-methyl/N-ethyl adjacent to an activating group) is 1. The van der Waals surface area contributed by atoms with Gasteiger partial charge in [0, 0.05) is 39.5 Å². The van der Waals surface area contributed by atoms with Crippen LogP contribution < -0.4 is 10.1 Å². The number of hydrogen-bond donors (Lipinski definition) is 1. The third-order valence-corrected chi connectivity index (χ3v) is 6.22. The number of hydrogen-bond acceptors (Lipinski definition) is 7. The lowest BCUT2D eigenvalue weighted by molar-refractivity contribution is 0.0702. The van der Waals surface area contributed by atoms with Crippen LogP contribution in [0, 0.1) is 0 Å². The van der Waals surface area contributed by atoms with Crippen molar-refractivity contribution in [1.82, 2.24) is 24.7 Å². The summed E-state index contributed by atoms with van der Waals surface area (Å²) in [7, 11) is 3.59. The zero-order valence-corrected chi connectivity index (χ0v) is 17.7. The number of ether oxygens (including phenoxy) is 2. The molecule has 9 nitrogen and oxygen atoms in total. The summed E-state index contributed by atoms with van der Waals surface area (Å²) < 4.78 is 13.3. The van der Waals surface area contributed by atoms with E-state index in [1.165, 1.54) is 11.3 Å². The third-order valence-electron chi connectivity index (χ3n) is 5.11. The Kier molecular flexibility index (Phi) is 5.77. The monoisotopic (exact) mass is 439 g/mol. The summed E-state index contributed by atoms with van der Waals surface area (Å²) >= 11 is 7.02. The number of likely N-dealkylation sites (tertiary alicyclic amines) is 1. The molecule has 1 N–H and O–H groups in total. The van der Waals surface area contributed by atoms with Crippen LogP contribution in [0.3, 0.4) is 0 Å². The number of amides is 2. The number of carbonyl (C=O) groups is 2. The summed E-state index contributed by atoms with van der Waals surface area (Å²) in [4.78, 5) is 33.5. The van der Waals surface area contributed by atoms with Crippen molar-refractivity contribution in [3.8, 4) is 5.06 Å². The van der Waals surface area contributed by atoms with Gasteiger partial charge >= 0.3 is 6.09 Å². The van der Waals surface area contributed by atoms with Crippen LogP contribution >= 0.6 is 22.9 Å². The molecule has 0 saturated carbocycles. The van der Waals surface area contributed by atoms with Crippen LogP contribution in [-0.4, -0.2) is 77.3 Å². The van der Waals surface area contributed by atoms with E-state index in [-0.39, 0.29) is 18.1 Å². The molecule has 4 rings (SSSR count). The molecule has 1 unspecified atom stereocenters. The van der Waals surface area contributed by atoms with Gasteiger partial charge in [-0.1, -0.05) is 22.9 Å². The van der Waals surface area contributed by atoms with Crippen LogP contribution in [0.2, 0.25) is 4.34 Å². The molecule has 2 aliphatic rings. The zero-order valence-electron chi connectivity index (χ0n) is 16.1. The maximum absolute atomic E-state index is 13.0. The minimum atomic E-state index is -0.606. The van der Waals surface area contributed by atoms with E-state index >= 15 is 0 Å². The normalized spacial score (nSPS) is 21.8. The molecule has 11 heteroatoms. The van der Waals surface area contributed by atoms with Crippen LogP contribution in [-0.2, 0) is 17.8 Å². The lowest BCUT2D eigenvalue weighted by Gasteiger charge is -2.22. The standard InChI is InChI=1S/C18H22ClN5O4S/c1-22-5-6-23-8-12(20-15(23)10-22)17(25)24-7-11(13(9-24)27-2)21-18(26)28-16-4-3-14(19)29-16/h3-4,8,11,13H,5-7,9-10H2,1-2H3,(H,21,26)/t11?,13-/m0/s1. The number of rotatable bonds is 4. The molecular formula is C18H22ClN5O4S. The van der Waals surface area contributed by atoms with E-state index in [9.17, 15) is 9.59 Å². The molecule has 4 heterocycles. The van der Waals surface area contributed by atoms with Gasteiger partial charge in [0.1, 0.15) is 11.5 Å². The van der Waals surface area contributed by atoms with E-state index in [4.69, 9.17) is 21.1 Å². The summed E-state index contributed by atoms with van der Waals surface area (Å²) in [6, 6.07) is 2.91.